The summed E-state index contributed by atoms with van der Waals surface area (Å²) in [5.74, 6) is 0. The number of rotatable bonds is 2. The highest BCUT2D eigenvalue weighted by Gasteiger charge is 1.99. The third-order valence-corrected chi connectivity index (χ3v) is 1.94. The van der Waals surface area contributed by atoms with Crippen molar-refractivity contribution in [1.82, 2.24) is 0 Å². The Bertz CT molecular complexity index is 218. The molecule has 14 heavy (non-hydrogen) atoms. The molecule has 0 saturated carbocycles. The monoisotopic (exact) mass is 236 g/mol. The molecule has 0 aliphatic carbocycles. The molecule has 0 amide bonds. The molecule has 4 heteroatoms. The van der Waals surface area contributed by atoms with Crippen molar-refractivity contribution in [3.63, 3.8) is 0 Å². The summed E-state index contributed by atoms with van der Waals surface area (Å²) in [6.07, 6.45) is 0. The fourth-order valence-corrected chi connectivity index (χ4v) is 1.08. The van der Waals surface area contributed by atoms with Gasteiger partial charge in [0.1, 0.15) is 0 Å². The van der Waals surface area contributed by atoms with Crippen LogP contribution in [0.2, 0.25) is 0 Å². The first-order valence-corrected chi connectivity index (χ1v) is 4.14. The lowest BCUT2D eigenvalue weighted by molar-refractivity contribution is 0.818. The maximum atomic E-state index is 5.73. The predicted octanol–water partition coefficient (Wildman–Crippen LogP) is 2.62. The van der Waals surface area contributed by atoms with Crippen molar-refractivity contribution in [2.45, 2.75) is 13.0 Å². The minimum absolute atomic E-state index is 0. The summed E-state index contributed by atoms with van der Waals surface area (Å²) in [5.41, 5.74) is 8.12. The first kappa shape index (κ1) is 16.0. The Labute approximate surface area is 98.3 Å². The van der Waals surface area contributed by atoms with Gasteiger partial charge < -0.3 is 10.6 Å². The van der Waals surface area contributed by atoms with Crippen LogP contribution in [0.25, 0.3) is 0 Å². The second-order valence-electron chi connectivity index (χ2n) is 3.27. The van der Waals surface area contributed by atoms with Crippen LogP contribution in [0.15, 0.2) is 24.3 Å². The molecule has 0 saturated heterocycles. The van der Waals surface area contributed by atoms with E-state index in [1.807, 2.05) is 21.0 Å². The van der Waals surface area contributed by atoms with Crippen LogP contribution in [-0.2, 0) is 0 Å². The van der Waals surface area contributed by atoms with E-state index in [1.54, 1.807) is 0 Å². The molecular weight excluding hydrogens is 219 g/mol. The van der Waals surface area contributed by atoms with Gasteiger partial charge in [-0.2, -0.15) is 0 Å². The normalized spacial score (nSPS) is 10.9. The van der Waals surface area contributed by atoms with Crippen molar-refractivity contribution in [2.75, 3.05) is 19.0 Å². The molecule has 1 aromatic rings. The Morgan fingerprint density at radius 2 is 1.50 bits per heavy atom. The highest BCUT2D eigenvalue weighted by atomic mass is 35.5. The molecule has 0 aliphatic rings. The van der Waals surface area contributed by atoms with Gasteiger partial charge >= 0.3 is 0 Å². The van der Waals surface area contributed by atoms with Crippen LogP contribution in [0.1, 0.15) is 18.5 Å². The third kappa shape index (κ3) is 4.18. The van der Waals surface area contributed by atoms with Crippen molar-refractivity contribution in [3.05, 3.63) is 29.8 Å². The fraction of sp³-hybridized carbons (Fsp3) is 0.400. The molecule has 2 N–H and O–H groups in total. The maximum absolute atomic E-state index is 5.73. The van der Waals surface area contributed by atoms with E-state index in [9.17, 15) is 0 Å². The number of hydrogen-bond acceptors (Lipinski definition) is 2. The molecule has 0 unspecified atom stereocenters. The van der Waals surface area contributed by atoms with Gasteiger partial charge in [-0.25, -0.2) is 0 Å². The zero-order valence-electron chi connectivity index (χ0n) is 8.73. The predicted molar refractivity (Wildman–Crippen MR) is 67.9 cm³/mol. The van der Waals surface area contributed by atoms with Crippen LogP contribution in [-0.4, -0.2) is 14.1 Å². The first-order chi connectivity index (χ1) is 5.61. The number of nitrogens with zero attached hydrogens (tertiary/aromatic N) is 1. The van der Waals surface area contributed by atoms with Crippen molar-refractivity contribution >= 4 is 30.5 Å². The largest absolute Gasteiger partial charge is 0.378 e. The van der Waals surface area contributed by atoms with Gasteiger partial charge in [-0.3, -0.25) is 0 Å². The SMILES string of the molecule is C[C@@H](N)c1ccc(N(C)C)cc1.Cl.Cl. The lowest BCUT2D eigenvalue weighted by Crippen LogP contribution is -2.09. The summed E-state index contributed by atoms with van der Waals surface area (Å²) < 4.78 is 0. The van der Waals surface area contributed by atoms with Gasteiger partial charge in [0.05, 0.1) is 0 Å². The standard InChI is InChI=1S/C10H16N2.2ClH/c1-8(11)9-4-6-10(7-5-9)12(2)3;;/h4-8H,11H2,1-3H3;2*1H/t8-;;/m1../s1. The number of halogens is 2. The summed E-state index contributed by atoms with van der Waals surface area (Å²) in [6, 6.07) is 8.43. The van der Waals surface area contributed by atoms with Gasteiger partial charge in [-0.1, -0.05) is 12.1 Å². The maximum Gasteiger partial charge on any atom is 0.0361 e. The smallest absolute Gasteiger partial charge is 0.0361 e. The van der Waals surface area contributed by atoms with Crippen molar-refractivity contribution < 1.29 is 0 Å². The van der Waals surface area contributed by atoms with Crippen LogP contribution in [0, 0.1) is 0 Å². The molecule has 0 radical (unpaired) electrons. The van der Waals surface area contributed by atoms with Crippen LogP contribution in [0.3, 0.4) is 0 Å². The Hall–Kier alpha value is -0.440. The highest BCUT2D eigenvalue weighted by molar-refractivity contribution is 5.85. The van der Waals surface area contributed by atoms with Crippen LogP contribution >= 0.6 is 24.8 Å². The molecule has 1 rings (SSSR count). The van der Waals surface area contributed by atoms with Crippen molar-refractivity contribution in [1.29, 1.82) is 0 Å². The second kappa shape index (κ2) is 6.93. The van der Waals surface area contributed by atoms with E-state index in [-0.39, 0.29) is 30.9 Å². The number of nitrogens with two attached hydrogens (primary N) is 1. The van der Waals surface area contributed by atoms with E-state index in [0.29, 0.717) is 0 Å². The van der Waals surface area contributed by atoms with Crippen molar-refractivity contribution in [2.24, 2.45) is 5.73 Å². The van der Waals surface area contributed by atoms with E-state index in [4.69, 9.17) is 5.73 Å². The molecule has 82 valence electrons. The van der Waals surface area contributed by atoms with Gasteiger partial charge in [0, 0.05) is 25.8 Å². The highest BCUT2D eigenvalue weighted by Crippen LogP contribution is 2.15. The molecule has 0 aromatic heterocycles. The molecular formula is C10H18Cl2N2. The lowest BCUT2D eigenvalue weighted by atomic mass is 10.1. The van der Waals surface area contributed by atoms with Gasteiger partial charge in [-0.15, -0.1) is 24.8 Å². The van der Waals surface area contributed by atoms with Crippen LogP contribution in [0.4, 0.5) is 5.69 Å². The fourth-order valence-electron chi connectivity index (χ4n) is 1.08. The molecule has 0 fully saturated rings. The summed E-state index contributed by atoms with van der Waals surface area (Å²) >= 11 is 0. The summed E-state index contributed by atoms with van der Waals surface area (Å²) in [6.45, 7) is 1.99. The number of anilines is 1. The average Bonchev–Trinajstić information content (AvgIpc) is 2.04. The minimum Gasteiger partial charge on any atom is -0.378 e. The Kier molecular flexibility index (Phi) is 7.93. The molecule has 0 spiro atoms. The van der Waals surface area contributed by atoms with E-state index in [0.717, 1.165) is 0 Å². The average molecular weight is 237 g/mol. The topological polar surface area (TPSA) is 29.3 Å². The molecule has 2 nitrogen and oxygen atoms in total. The van der Waals surface area contributed by atoms with Gasteiger partial charge in [0.25, 0.3) is 0 Å². The zero-order valence-corrected chi connectivity index (χ0v) is 10.4. The van der Waals surface area contributed by atoms with Crippen LogP contribution in [0.5, 0.6) is 0 Å². The minimum atomic E-state index is 0. The van der Waals surface area contributed by atoms with Gasteiger partial charge in [0.15, 0.2) is 0 Å². The van der Waals surface area contributed by atoms with Crippen molar-refractivity contribution in [3.8, 4) is 0 Å². The summed E-state index contributed by atoms with van der Waals surface area (Å²) in [4.78, 5) is 2.07. The Balaban J connectivity index is 0. The van der Waals surface area contributed by atoms with E-state index >= 15 is 0 Å². The third-order valence-electron chi connectivity index (χ3n) is 1.94. The van der Waals surface area contributed by atoms with Crippen LogP contribution < -0.4 is 10.6 Å². The van der Waals surface area contributed by atoms with E-state index in [1.165, 1.54) is 11.3 Å². The zero-order chi connectivity index (χ0) is 9.14. The summed E-state index contributed by atoms with van der Waals surface area (Å²) in [5, 5.41) is 0. The number of benzene rings is 1. The molecule has 0 heterocycles. The molecule has 0 aliphatic heterocycles. The quantitative estimate of drug-likeness (QED) is 0.856. The number of hydrogen-bond donors (Lipinski definition) is 1. The molecule has 0 bridgehead atoms. The lowest BCUT2D eigenvalue weighted by Gasteiger charge is -2.13. The van der Waals surface area contributed by atoms with E-state index < -0.39 is 0 Å². The second-order valence-corrected chi connectivity index (χ2v) is 3.27. The molecule has 1 aromatic carbocycles. The van der Waals surface area contributed by atoms with E-state index in [2.05, 4.69) is 29.2 Å². The summed E-state index contributed by atoms with van der Waals surface area (Å²) in [7, 11) is 4.06. The Morgan fingerprint density at radius 3 is 1.79 bits per heavy atom. The first-order valence-electron chi connectivity index (χ1n) is 4.14. The Morgan fingerprint density at radius 1 is 1.07 bits per heavy atom. The van der Waals surface area contributed by atoms with Gasteiger partial charge in [0.2, 0.25) is 0 Å². The molecule has 1 atom stereocenters. The van der Waals surface area contributed by atoms with Gasteiger partial charge in [-0.05, 0) is 24.6 Å².